The predicted molar refractivity (Wildman–Crippen MR) is 122 cm³/mol. The van der Waals surface area contributed by atoms with Crippen LogP contribution in [0.25, 0.3) is 0 Å². The predicted octanol–water partition coefficient (Wildman–Crippen LogP) is 4.74. The second kappa shape index (κ2) is 8.14. The summed E-state index contributed by atoms with van der Waals surface area (Å²) in [6.45, 7) is 18.4. The molecule has 3 aliphatic rings. The Morgan fingerprint density at radius 2 is 1.81 bits per heavy atom. The number of aromatic nitrogens is 2. The number of hydrogen-bond donors (Lipinski definition) is 0. The molecule has 1 saturated carbocycles. The van der Waals surface area contributed by atoms with E-state index in [4.69, 9.17) is 9.84 Å². The summed E-state index contributed by atoms with van der Waals surface area (Å²) in [6, 6.07) is 2.54. The number of rotatable bonds is 2. The average Bonchev–Trinajstić information content (AvgIpc) is 2.92. The molecule has 0 atom stereocenters. The van der Waals surface area contributed by atoms with Crippen molar-refractivity contribution in [2.24, 2.45) is 5.41 Å². The lowest BCUT2D eigenvalue weighted by Gasteiger charge is -2.58. The normalized spacial score (nSPS) is 22.4. The molecule has 31 heavy (non-hydrogen) atoms. The average molecular weight is 433 g/mol. The van der Waals surface area contributed by atoms with Crippen molar-refractivity contribution in [2.75, 3.05) is 24.5 Å². The van der Waals surface area contributed by atoms with E-state index in [1.165, 1.54) is 0 Å². The van der Waals surface area contributed by atoms with Gasteiger partial charge < -0.3 is 14.5 Å². The van der Waals surface area contributed by atoms with Crippen LogP contribution in [0, 0.1) is 12.3 Å². The van der Waals surface area contributed by atoms with Crippen molar-refractivity contribution in [1.82, 2.24) is 14.7 Å². The van der Waals surface area contributed by atoms with Crippen molar-refractivity contribution in [3.05, 3.63) is 11.8 Å². The molecule has 0 N–H and O–H groups in total. The van der Waals surface area contributed by atoms with Crippen molar-refractivity contribution in [1.29, 1.82) is 0 Å². The van der Waals surface area contributed by atoms with Crippen molar-refractivity contribution in [2.45, 2.75) is 98.3 Å². The van der Waals surface area contributed by atoms with Crippen LogP contribution in [0.1, 0.15) is 85.9 Å². The number of piperidine rings is 1. The van der Waals surface area contributed by atoms with Crippen LogP contribution in [0.5, 0.6) is 0 Å². The molecule has 3 heterocycles. The van der Waals surface area contributed by atoms with Crippen molar-refractivity contribution >= 4 is 17.7 Å². The van der Waals surface area contributed by atoms with Crippen LogP contribution in [0.15, 0.2) is 6.07 Å². The molecule has 1 spiro atoms. The maximum Gasteiger partial charge on any atom is 0.410 e. The van der Waals surface area contributed by atoms with Crippen LogP contribution < -0.4 is 4.90 Å². The Bertz CT molecular complexity index is 822. The number of anilines is 1. The van der Waals surface area contributed by atoms with Crippen molar-refractivity contribution in [3.8, 4) is 0 Å². The van der Waals surface area contributed by atoms with Crippen LogP contribution in [-0.4, -0.2) is 57.3 Å². The Balaban J connectivity index is 0.00000132. The molecule has 7 nitrogen and oxygen atoms in total. The Morgan fingerprint density at radius 1 is 1.19 bits per heavy atom. The molecule has 1 aliphatic carbocycles. The van der Waals surface area contributed by atoms with Gasteiger partial charge in [-0.3, -0.25) is 9.48 Å². The fourth-order valence-corrected chi connectivity index (χ4v) is 5.19. The van der Waals surface area contributed by atoms with Crippen LogP contribution in [0.4, 0.5) is 10.6 Å². The lowest BCUT2D eigenvalue weighted by molar-refractivity contribution is -0.121. The van der Waals surface area contributed by atoms with Gasteiger partial charge in [0.2, 0.25) is 0 Å². The van der Waals surface area contributed by atoms with E-state index in [-0.39, 0.29) is 17.0 Å². The highest BCUT2D eigenvalue weighted by Crippen LogP contribution is 2.54. The van der Waals surface area contributed by atoms with E-state index in [1.54, 1.807) is 0 Å². The number of amides is 1. The molecular formula is C24H40N4O3. The van der Waals surface area contributed by atoms with Crippen LogP contribution in [0.3, 0.4) is 0 Å². The fourth-order valence-electron chi connectivity index (χ4n) is 5.19. The van der Waals surface area contributed by atoms with Crippen LogP contribution in [-0.2, 0) is 9.53 Å². The van der Waals surface area contributed by atoms with E-state index in [0.29, 0.717) is 24.7 Å². The smallest absolute Gasteiger partial charge is 0.410 e. The second-order valence-corrected chi connectivity index (χ2v) is 10.9. The molecule has 1 aromatic rings. The van der Waals surface area contributed by atoms with E-state index in [0.717, 1.165) is 44.0 Å². The number of nitrogens with zero attached hydrogens (tertiary/aromatic N) is 4. The molecule has 0 aromatic carbocycles. The first kappa shape index (κ1) is 23.6. The van der Waals surface area contributed by atoms with E-state index in [9.17, 15) is 9.59 Å². The van der Waals surface area contributed by atoms with E-state index in [1.807, 2.05) is 39.5 Å². The van der Waals surface area contributed by atoms with Crippen molar-refractivity contribution in [3.63, 3.8) is 0 Å². The lowest BCUT2D eigenvalue weighted by Crippen LogP contribution is -2.64. The zero-order valence-corrected chi connectivity index (χ0v) is 20.6. The monoisotopic (exact) mass is 432 g/mol. The highest BCUT2D eigenvalue weighted by molar-refractivity contribution is 5.82. The minimum atomic E-state index is -0.447. The lowest BCUT2D eigenvalue weighted by atomic mass is 9.61. The fraction of sp³-hybridized carbons (Fsp3) is 0.792. The van der Waals surface area contributed by atoms with Gasteiger partial charge in [0.25, 0.3) is 0 Å². The first-order valence-corrected chi connectivity index (χ1v) is 11.7. The Kier molecular flexibility index (Phi) is 6.20. The molecule has 0 radical (unpaired) electrons. The molecule has 4 rings (SSSR count). The largest absolute Gasteiger partial charge is 0.444 e. The third-order valence-corrected chi connectivity index (χ3v) is 6.55. The van der Waals surface area contributed by atoms with Gasteiger partial charge in [0.15, 0.2) is 5.82 Å². The van der Waals surface area contributed by atoms with Gasteiger partial charge in [0.1, 0.15) is 11.4 Å². The summed E-state index contributed by atoms with van der Waals surface area (Å²) >= 11 is 0. The summed E-state index contributed by atoms with van der Waals surface area (Å²) in [5.74, 6) is 1.31. The molecule has 0 unspecified atom stereocenters. The molecule has 1 amide bonds. The second-order valence-electron chi connectivity index (χ2n) is 10.9. The van der Waals surface area contributed by atoms with E-state index >= 15 is 0 Å². The van der Waals surface area contributed by atoms with Crippen molar-refractivity contribution < 1.29 is 14.3 Å². The zero-order valence-electron chi connectivity index (χ0n) is 20.6. The Hall–Kier alpha value is -2.05. The first-order valence-electron chi connectivity index (χ1n) is 11.7. The van der Waals surface area contributed by atoms with Gasteiger partial charge in [0.05, 0.1) is 6.04 Å². The number of hydrogen-bond acceptors (Lipinski definition) is 5. The summed E-state index contributed by atoms with van der Waals surface area (Å²) < 4.78 is 7.63. The van der Waals surface area contributed by atoms with E-state index in [2.05, 4.69) is 36.4 Å². The standard InChI is InChI=1S/C22H34N4O3.C2H6/c1-15-9-18(25-8-7-17(27)12-21(25,5)6)23-26(15)16-10-22(11-16)13-24(14-22)19(28)29-20(2,3)4;1-2/h9,16H,7-8,10-14H2,1-6H3;1-2H3. The SMILES string of the molecule is CC.Cc1cc(N2CCC(=O)CC2(C)C)nn1C1CC2(C1)CN(C(=O)OC(C)(C)C)C2. The van der Waals surface area contributed by atoms with Gasteiger partial charge in [-0.25, -0.2) is 4.79 Å². The number of ether oxygens (including phenoxy) is 1. The molecule has 2 saturated heterocycles. The third-order valence-electron chi connectivity index (χ3n) is 6.55. The number of carbonyl (C=O) groups excluding carboxylic acids is 2. The molecule has 174 valence electrons. The highest BCUT2D eigenvalue weighted by atomic mass is 16.6. The molecule has 2 aliphatic heterocycles. The summed E-state index contributed by atoms with van der Waals surface area (Å²) in [7, 11) is 0. The van der Waals surface area contributed by atoms with Gasteiger partial charge >= 0.3 is 6.09 Å². The summed E-state index contributed by atoms with van der Waals surface area (Å²) in [5, 5.41) is 4.93. The number of likely N-dealkylation sites (tertiary alicyclic amines) is 1. The topological polar surface area (TPSA) is 67.7 Å². The number of carbonyl (C=O) groups is 2. The summed E-state index contributed by atoms with van der Waals surface area (Å²) in [5.41, 5.74) is 0.758. The number of Topliss-reactive ketones (excluding diaryl/α,β-unsaturated/α-hetero) is 1. The quantitative estimate of drug-likeness (QED) is 0.675. The molecule has 0 bridgehead atoms. The maximum atomic E-state index is 12.2. The van der Waals surface area contributed by atoms with Gasteiger partial charge in [0, 0.05) is 55.2 Å². The van der Waals surface area contributed by atoms with Gasteiger partial charge in [-0.1, -0.05) is 13.8 Å². The minimum Gasteiger partial charge on any atom is -0.444 e. The first-order chi connectivity index (χ1) is 14.4. The summed E-state index contributed by atoms with van der Waals surface area (Å²) in [4.78, 5) is 28.2. The van der Waals surface area contributed by atoms with Gasteiger partial charge in [-0.05, 0) is 54.4 Å². The molecule has 3 fully saturated rings. The van der Waals surface area contributed by atoms with Gasteiger partial charge in [-0.2, -0.15) is 5.10 Å². The molecule has 1 aromatic heterocycles. The number of aryl methyl sites for hydroxylation is 1. The van der Waals surface area contributed by atoms with E-state index < -0.39 is 5.60 Å². The third kappa shape index (κ3) is 4.75. The Labute approximate surface area is 187 Å². The minimum absolute atomic E-state index is 0.191. The molecular weight excluding hydrogens is 392 g/mol. The van der Waals surface area contributed by atoms with Crippen LogP contribution in [0.2, 0.25) is 0 Å². The summed E-state index contributed by atoms with van der Waals surface area (Å²) in [6.07, 6.45) is 3.08. The number of ketones is 1. The highest BCUT2D eigenvalue weighted by Gasteiger charge is 2.55. The van der Waals surface area contributed by atoms with Gasteiger partial charge in [-0.15, -0.1) is 0 Å². The van der Waals surface area contributed by atoms with Crippen LogP contribution >= 0.6 is 0 Å². The maximum absolute atomic E-state index is 12.2. The molecule has 7 heteroatoms. The zero-order chi connectivity index (χ0) is 23.2. The Morgan fingerprint density at radius 3 is 2.35 bits per heavy atom.